The summed E-state index contributed by atoms with van der Waals surface area (Å²) in [6.07, 6.45) is 0. The molecule has 0 radical (unpaired) electrons. The molecular formula is C14H21NO3S. The third-order valence-electron chi connectivity index (χ3n) is 3.51. The van der Waals surface area contributed by atoms with Gasteiger partial charge in [-0.3, -0.25) is 4.90 Å². The molecule has 1 aliphatic rings. The van der Waals surface area contributed by atoms with Crippen LogP contribution in [0.25, 0.3) is 0 Å². The highest BCUT2D eigenvalue weighted by molar-refractivity contribution is 7.91. The Morgan fingerprint density at radius 2 is 1.74 bits per heavy atom. The fourth-order valence-corrected chi connectivity index (χ4v) is 4.29. The Bertz CT molecular complexity index is 505. The molecule has 0 N–H and O–H groups in total. The molecule has 1 aromatic carbocycles. The molecule has 1 saturated heterocycles. The predicted octanol–water partition coefficient (Wildman–Crippen LogP) is 1.57. The van der Waals surface area contributed by atoms with Crippen molar-refractivity contribution in [1.29, 1.82) is 0 Å². The summed E-state index contributed by atoms with van der Waals surface area (Å²) in [6.45, 7) is 6.90. The minimum atomic E-state index is -3.25. The average Bonchev–Trinajstić information content (AvgIpc) is 2.40. The number of ether oxygens (including phenoxy) is 1. The Morgan fingerprint density at radius 1 is 1.16 bits per heavy atom. The molecule has 2 rings (SSSR count). The minimum absolute atomic E-state index is 0.129. The van der Waals surface area contributed by atoms with Crippen LogP contribution in [-0.4, -0.2) is 50.9 Å². The molecule has 4 nitrogen and oxygen atoms in total. The second-order valence-electron chi connectivity index (χ2n) is 5.48. The van der Waals surface area contributed by atoms with Gasteiger partial charge in [-0.15, -0.1) is 0 Å². The Balaban J connectivity index is 2.15. The molecule has 1 aliphatic heterocycles. The Kier molecular flexibility index (Phi) is 4.28. The SMILES string of the molecule is CC(C)(CS(=O)(=O)c1ccccc1)N1CCOCC1. The zero-order valence-corrected chi connectivity index (χ0v) is 12.3. The first-order valence-electron chi connectivity index (χ1n) is 6.52. The largest absolute Gasteiger partial charge is 0.379 e. The predicted molar refractivity (Wildman–Crippen MR) is 75.0 cm³/mol. The van der Waals surface area contributed by atoms with Crippen LogP contribution in [0.15, 0.2) is 35.2 Å². The van der Waals surface area contributed by atoms with Crippen LogP contribution in [-0.2, 0) is 14.6 Å². The van der Waals surface area contributed by atoms with E-state index in [4.69, 9.17) is 4.74 Å². The molecule has 0 spiro atoms. The van der Waals surface area contributed by atoms with Gasteiger partial charge in [-0.05, 0) is 26.0 Å². The summed E-state index contributed by atoms with van der Waals surface area (Å²) in [5, 5.41) is 0. The first kappa shape index (κ1) is 14.5. The smallest absolute Gasteiger partial charge is 0.180 e. The van der Waals surface area contributed by atoms with Gasteiger partial charge in [-0.1, -0.05) is 18.2 Å². The summed E-state index contributed by atoms with van der Waals surface area (Å²) < 4.78 is 30.2. The summed E-state index contributed by atoms with van der Waals surface area (Å²) in [5.74, 6) is 0.129. The molecule has 0 bridgehead atoms. The number of nitrogens with zero attached hydrogens (tertiary/aromatic N) is 1. The van der Waals surface area contributed by atoms with E-state index in [9.17, 15) is 8.42 Å². The first-order chi connectivity index (χ1) is 8.92. The van der Waals surface area contributed by atoms with E-state index < -0.39 is 9.84 Å². The van der Waals surface area contributed by atoms with Gasteiger partial charge in [0.1, 0.15) is 0 Å². The first-order valence-corrected chi connectivity index (χ1v) is 8.18. The van der Waals surface area contributed by atoms with Crippen LogP contribution < -0.4 is 0 Å². The summed E-state index contributed by atoms with van der Waals surface area (Å²) in [7, 11) is -3.25. The molecule has 0 atom stereocenters. The Labute approximate surface area is 115 Å². The van der Waals surface area contributed by atoms with E-state index in [0.717, 1.165) is 13.1 Å². The maximum atomic E-state index is 12.4. The highest BCUT2D eigenvalue weighted by atomic mass is 32.2. The van der Waals surface area contributed by atoms with Gasteiger partial charge in [0.15, 0.2) is 9.84 Å². The van der Waals surface area contributed by atoms with Crippen LogP contribution >= 0.6 is 0 Å². The highest BCUT2D eigenvalue weighted by Crippen LogP contribution is 2.22. The van der Waals surface area contributed by atoms with Gasteiger partial charge in [0.25, 0.3) is 0 Å². The van der Waals surface area contributed by atoms with Crippen molar-refractivity contribution < 1.29 is 13.2 Å². The summed E-state index contributed by atoms with van der Waals surface area (Å²) in [5.41, 5.74) is -0.377. The Hall–Kier alpha value is -0.910. The zero-order chi connectivity index (χ0) is 13.9. The standard InChI is InChI=1S/C14H21NO3S/c1-14(2,15-8-10-18-11-9-15)12-19(16,17)13-6-4-3-5-7-13/h3-7H,8-12H2,1-2H3. The lowest BCUT2D eigenvalue weighted by molar-refractivity contribution is -0.00286. The molecule has 0 aromatic heterocycles. The van der Waals surface area contributed by atoms with Crippen molar-refractivity contribution in [3.05, 3.63) is 30.3 Å². The van der Waals surface area contributed by atoms with Crippen molar-refractivity contribution in [3.8, 4) is 0 Å². The average molecular weight is 283 g/mol. The van der Waals surface area contributed by atoms with Gasteiger partial charge >= 0.3 is 0 Å². The van der Waals surface area contributed by atoms with E-state index in [1.54, 1.807) is 24.3 Å². The van der Waals surface area contributed by atoms with E-state index in [1.807, 2.05) is 19.9 Å². The molecule has 1 fully saturated rings. The van der Waals surface area contributed by atoms with E-state index >= 15 is 0 Å². The fourth-order valence-electron chi connectivity index (χ4n) is 2.44. The third kappa shape index (κ3) is 3.55. The van der Waals surface area contributed by atoms with Gasteiger partial charge in [0, 0.05) is 18.6 Å². The lowest BCUT2D eigenvalue weighted by atomic mass is 10.1. The molecular weight excluding hydrogens is 262 g/mol. The van der Waals surface area contributed by atoms with Crippen LogP contribution in [0.4, 0.5) is 0 Å². The molecule has 0 saturated carbocycles. The van der Waals surface area contributed by atoms with Crippen molar-refractivity contribution in [2.75, 3.05) is 32.1 Å². The third-order valence-corrected chi connectivity index (χ3v) is 5.59. The second-order valence-corrected chi connectivity index (χ2v) is 7.47. The number of sulfone groups is 1. The summed E-state index contributed by atoms with van der Waals surface area (Å²) in [6, 6.07) is 8.66. The molecule has 19 heavy (non-hydrogen) atoms. The molecule has 5 heteroatoms. The van der Waals surface area contributed by atoms with Gasteiger partial charge < -0.3 is 4.74 Å². The van der Waals surface area contributed by atoms with E-state index in [2.05, 4.69) is 4.90 Å². The highest BCUT2D eigenvalue weighted by Gasteiger charge is 2.33. The van der Waals surface area contributed by atoms with E-state index in [0.29, 0.717) is 18.1 Å². The van der Waals surface area contributed by atoms with Crippen molar-refractivity contribution in [2.24, 2.45) is 0 Å². The molecule has 1 heterocycles. The lowest BCUT2D eigenvalue weighted by Gasteiger charge is -2.40. The number of hydrogen-bond donors (Lipinski definition) is 0. The van der Waals surface area contributed by atoms with Crippen LogP contribution in [0, 0.1) is 0 Å². The van der Waals surface area contributed by atoms with Crippen LogP contribution in [0.1, 0.15) is 13.8 Å². The molecule has 0 unspecified atom stereocenters. The molecule has 1 aromatic rings. The van der Waals surface area contributed by atoms with Crippen molar-refractivity contribution in [1.82, 2.24) is 4.90 Å². The van der Waals surface area contributed by atoms with Crippen molar-refractivity contribution in [3.63, 3.8) is 0 Å². The summed E-state index contributed by atoms with van der Waals surface area (Å²) in [4.78, 5) is 2.59. The zero-order valence-electron chi connectivity index (χ0n) is 11.5. The number of morpholine rings is 1. The molecule has 0 aliphatic carbocycles. The second kappa shape index (κ2) is 5.61. The monoisotopic (exact) mass is 283 g/mol. The number of benzene rings is 1. The van der Waals surface area contributed by atoms with Crippen molar-refractivity contribution in [2.45, 2.75) is 24.3 Å². The Morgan fingerprint density at radius 3 is 2.32 bits per heavy atom. The van der Waals surface area contributed by atoms with Crippen molar-refractivity contribution >= 4 is 9.84 Å². The van der Waals surface area contributed by atoms with Crippen LogP contribution in [0.2, 0.25) is 0 Å². The quantitative estimate of drug-likeness (QED) is 0.841. The minimum Gasteiger partial charge on any atom is -0.379 e. The van der Waals surface area contributed by atoms with Crippen LogP contribution in [0.3, 0.4) is 0 Å². The van der Waals surface area contributed by atoms with Crippen LogP contribution in [0.5, 0.6) is 0 Å². The lowest BCUT2D eigenvalue weighted by Crippen LogP contribution is -2.53. The molecule has 0 amide bonds. The van der Waals surface area contributed by atoms with Gasteiger partial charge in [-0.25, -0.2) is 8.42 Å². The molecule has 106 valence electrons. The maximum absolute atomic E-state index is 12.4. The van der Waals surface area contributed by atoms with Gasteiger partial charge in [-0.2, -0.15) is 0 Å². The topological polar surface area (TPSA) is 46.6 Å². The van der Waals surface area contributed by atoms with Gasteiger partial charge in [0.05, 0.1) is 23.9 Å². The summed E-state index contributed by atoms with van der Waals surface area (Å²) >= 11 is 0. The fraction of sp³-hybridized carbons (Fsp3) is 0.571. The van der Waals surface area contributed by atoms with Gasteiger partial charge in [0.2, 0.25) is 0 Å². The van der Waals surface area contributed by atoms with E-state index in [1.165, 1.54) is 0 Å². The number of hydrogen-bond acceptors (Lipinski definition) is 4. The normalized spacial score (nSPS) is 18.4. The maximum Gasteiger partial charge on any atom is 0.180 e. The number of rotatable bonds is 4. The van der Waals surface area contributed by atoms with E-state index in [-0.39, 0.29) is 11.3 Å².